The molecule has 86 valence electrons. The second kappa shape index (κ2) is 4.74. The molecule has 0 radical (unpaired) electrons. The first-order chi connectivity index (χ1) is 7.68. The molecule has 4 heteroatoms. The standard InChI is InChI=1S/C12H15ClN2O/c1-14-7-4-8-15(9-12(14)16)11-6-3-2-5-10(11)13/h2-3,5-6H,4,7-9H2,1H3. The van der Waals surface area contributed by atoms with Crippen molar-refractivity contribution >= 4 is 23.2 Å². The summed E-state index contributed by atoms with van der Waals surface area (Å²) in [6.07, 6.45) is 0.980. The monoisotopic (exact) mass is 238 g/mol. The summed E-state index contributed by atoms with van der Waals surface area (Å²) >= 11 is 6.13. The first-order valence-corrected chi connectivity index (χ1v) is 5.80. The zero-order valence-corrected chi connectivity index (χ0v) is 10.1. The van der Waals surface area contributed by atoms with E-state index < -0.39 is 0 Å². The van der Waals surface area contributed by atoms with Crippen LogP contribution < -0.4 is 4.90 Å². The third-order valence-electron chi connectivity index (χ3n) is 2.87. The Morgan fingerprint density at radius 2 is 2.00 bits per heavy atom. The number of carbonyl (C=O) groups excluding carboxylic acids is 1. The summed E-state index contributed by atoms with van der Waals surface area (Å²) in [5.74, 6) is 0.150. The number of anilines is 1. The Bertz CT molecular complexity index is 394. The Morgan fingerprint density at radius 3 is 2.75 bits per heavy atom. The molecule has 1 aliphatic rings. The lowest BCUT2D eigenvalue weighted by molar-refractivity contribution is -0.127. The van der Waals surface area contributed by atoms with E-state index in [1.807, 2.05) is 36.2 Å². The molecule has 0 saturated carbocycles. The molecule has 2 rings (SSSR count). The summed E-state index contributed by atoms with van der Waals surface area (Å²) < 4.78 is 0. The summed E-state index contributed by atoms with van der Waals surface area (Å²) in [5, 5.41) is 0.708. The van der Waals surface area contributed by atoms with Gasteiger partial charge in [0.25, 0.3) is 0 Å². The second-order valence-corrected chi connectivity index (χ2v) is 4.45. The molecule has 0 unspecified atom stereocenters. The number of rotatable bonds is 1. The average molecular weight is 239 g/mol. The van der Waals surface area contributed by atoms with Gasteiger partial charge in [-0.05, 0) is 18.6 Å². The van der Waals surface area contributed by atoms with Gasteiger partial charge in [-0.3, -0.25) is 4.79 Å². The van der Waals surface area contributed by atoms with Crippen LogP contribution in [0.2, 0.25) is 5.02 Å². The van der Waals surface area contributed by atoms with Crippen LogP contribution in [-0.2, 0) is 4.79 Å². The Balaban J connectivity index is 2.21. The summed E-state index contributed by atoms with van der Waals surface area (Å²) in [6, 6.07) is 7.66. The topological polar surface area (TPSA) is 23.6 Å². The Labute approximate surface area is 101 Å². The van der Waals surface area contributed by atoms with Gasteiger partial charge in [0.1, 0.15) is 0 Å². The van der Waals surface area contributed by atoms with Gasteiger partial charge in [0.15, 0.2) is 0 Å². The number of para-hydroxylation sites is 1. The van der Waals surface area contributed by atoms with Gasteiger partial charge in [0, 0.05) is 20.1 Å². The maximum absolute atomic E-state index is 11.8. The van der Waals surface area contributed by atoms with Crippen molar-refractivity contribution in [3.8, 4) is 0 Å². The normalized spacial score (nSPS) is 17.5. The van der Waals surface area contributed by atoms with Crippen LogP contribution in [0.25, 0.3) is 0 Å². The lowest BCUT2D eigenvalue weighted by Crippen LogP contribution is -2.34. The van der Waals surface area contributed by atoms with E-state index in [-0.39, 0.29) is 5.91 Å². The van der Waals surface area contributed by atoms with Crippen LogP contribution in [-0.4, -0.2) is 37.5 Å². The lowest BCUT2D eigenvalue weighted by atomic mass is 10.2. The fourth-order valence-electron chi connectivity index (χ4n) is 1.90. The van der Waals surface area contributed by atoms with Gasteiger partial charge in [0.2, 0.25) is 5.91 Å². The first kappa shape index (κ1) is 11.3. The molecule has 0 N–H and O–H groups in total. The Hall–Kier alpha value is -1.22. The largest absolute Gasteiger partial charge is 0.361 e. The molecule has 0 bridgehead atoms. The quantitative estimate of drug-likeness (QED) is 0.747. The van der Waals surface area contributed by atoms with E-state index in [4.69, 9.17) is 11.6 Å². The smallest absolute Gasteiger partial charge is 0.241 e. The van der Waals surface area contributed by atoms with Gasteiger partial charge in [0.05, 0.1) is 17.3 Å². The second-order valence-electron chi connectivity index (χ2n) is 4.04. The lowest BCUT2D eigenvalue weighted by Gasteiger charge is -2.22. The molecule has 0 aliphatic carbocycles. The highest BCUT2D eigenvalue weighted by atomic mass is 35.5. The van der Waals surface area contributed by atoms with Crippen molar-refractivity contribution in [2.45, 2.75) is 6.42 Å². The number of hydrogen-bond donors (Lipinski definition) is 0. The third kappa shape index (κ3) is 2.30. The highest BCUT2D eigenvalue weighted by Gasteiger charge is 2.20. The number of benzene rings is 1. The van der Waals surface area contributed by atoms with Crippen molar-refractivity contribution in [3.05, 3.63) is 29.3 Å². The van der Waals surface area contributed by atoms with Gasteiger partial charge >= 0.3 is 0 Å². The number of likely N-dealkylation sites (N-methyl/N-ethyl adjacent to an activating group) is 1. The molecule has 3 nitrogen and oxygen atoms in total. The van der Waals surface area contributed by atoms with Crippen LogP contribution in [0, 0.1) is 0 Å². The van der Waals surface area contributed by atoms with Crippen LogP contribution in [0.5, 0.6) is 0 Å². The molecule has 1 aromatic rings. The number of amides is 1. The first-order valence-electron chi connectivity index (χ1n) is 5.42. The SMILES string of the molecule is CN1CCCN(c2ccccc2Cl)CC1=O. The van der Waals surface area contributed by atoms with Crippen LogP contribution in [0.4, 0.5) is 5.69 Å². The zero-order chi connectivity index (χ0) is 11.5. The summed E-state index contributed by atoms with van der Waals surface area (Å²) in [6.45, 7) is 2.11. The predicted octanol–water partition coefficient (Wildman–Crippen LogP) is 2.01. The van der Waals surface area contributed by atoms with Crippen molar-refractivity contribution in [2.24, 2.45) is 0 Å². The van der Waals surface area contributed by atoms with Crippen LogP contribution in [0.15, 0.2) is 24.3 Å². The minimum Gasteiger partial charge on any atom is -0.361 e. The van der Waals surface area contributed by atoms with E-state index in [1.54, 1.807) is 4.90 Å². The van der Waals surface area contributed by atoms with Crippen LogP contribution in [0.1, 0.15) is 6.42 Å². The average Bonchev–Trinajstić information content (AvgIpc) is 2.43. The van der Waals surface area contributed by atoms with E-state index in [1.165, 1.54) is 0 Å². The Morgan fingerprint density at radius 1 is 1.25 bits per heavy atom. The van der Waals surface area contributed by atoms with Crippen LogP contribution >= 0.6 is 11.6 Å². The zero-order valence-electron chi connectivity index (χ0n) is 9.32. The molecular weight excluding hydrogens is 224 g/mol. The van der Waals surface area contributed by atoms with E-state index >= 15 is 0 Å². The van der Waals surface area contributed by atoms with Crippen molar-refractivity contribution in [2.75, 3.05) is 31.6 Å². The summed E-state index contributed by atoms with van der Waals surface area (Å²) in [4.78, 5) is 15.6. The number of hydrogen-bond acceptors (Lipinski definition) is 2. The van der Waals surface area contributed by atoms with Gasteiger partial charge in [-0.25, -0.2) is 0 Å². The fraction of sp³-hybridized carbons (Fsp3) is 0.417. The van der Waals surface area contributed by atoms with Gasteiger partial charge in [-0.2, -0.15) is 0 Å². The number of carbonyl (C=O) groups is 1. The van der Waals surface area contributed by atoms with E-state index in [9.17, 15) is 4.79 Å². The van der Waals surface area contributed by atoms with Crippen molar-refractivity contribution < 1.29 is 4.79 Å². The van der Waals surface area contributed by atoms with Crippen molar-refractivity contribution in [3.63, 3.8) is 0 Å². The molecule has 1 aromatic carbocycles. The molecule has 1 saturated heterocycles. The Kier molecular flexibility index (Phi) is 3.34. The van der Waals surface area contributed by atoms with Gasteiger partial charge in [-0.15, -0.1) is 0 Å². The van der Waals surface area contributed by atoms with E-state index in [2.05, 4.69) is 0 Å². The molecular formula is C12H15ClN2O. The molecule has 0 aromatic heterocycles. The number of nitrogens with zero attached hydrogens (tertiary/aromatic N) is 2. The van der Waals surface area contributed by atoms with Crippen molar-refractivity contribution in [1.29, 1.82) is 0 Å². The third-order valence-corrected chi connectivity index (χ3v) is 3.19. The highest BCUT2D eigenvalue weighted by molar-refractivity contribution is 6.33. The minimum atomic E-state index is 0.150. The predicted molar refractivity (Wildman–Crippen MR) is 65.9 cm³/mol. The van der Waals surface area contributed by atoms with Crippen LogP contribution in [0.3, 0.4) is 0 Å². The molecule has 1 heterocycles. The van der Waals surface area contributed by atoms with E-state index in [0.717, 1.165) is 25.2 Å². The minimum absolute atomic E-state index is 0.150. The summed E-state index contributed by atoms with van der Waals surface area (Å²) in [5.41, 5.74) is 0.952. The van der Waals surface area contributed by atoms with Gasteiger partial charge < -0.3 is 9.80 Å². The van der Waals surface area contributed by atoms with Crippen molar-refractivity contribution in [1.82, 2.24) is 4.90 Å². The molecule has 0 spiro atoms. The van der Waals surface area contributed by atoms with E-state index in [0.29, 0.717) is 11.6 Å². The molecule has 1 amide bonds. The fourth-order valence-corrected chi connectivity index (χ4v) is 2.16. The molecule has 1 fully saturated rings. The number of halogens is 1. The molecule has 1 aliphatic heterocycles. The summed E-state index contributed by atoms with van der Waals surface area (Å²) in [7, 11) is 1.85. The maximum atomic E-state index is 11.8. The highest BCUT2D eigenvalue weighted by Crippen LogP contribution is 2.25. The van der Waals surface area contributed by atoms with Gasteiger partial charge in [-0.1, -0.05) is 23.7 Å². The molecule has 16 heavy (non-hydrogen) atoms. The molecule has 0 atom stereocenters. The maximum Gasteiger partial charge on any atom is 0.241 e.